The van der Waals surface area contributed by atoms with Crippen LogP contribution in [0, 0.1) is 0 Å². The molecule has 11 heteroatoms. The summed E-state index contributed by atoms with van der Waals surface area (Å²) in [6.07, 6.45) is -7.84. The van der Waals surface area contributed by atoms with Crippen molar-refractivity contribution in [1.82, 2.24) is 0 Å². The summed E-state index contributed by atoms with van der Waals surface area (Å²) in [6, 6.07) is 0. The van der Waals surface area contributed by atoms with E-state index in [0.29, 0.717) is 0 Å². The number of aliphatic hydroxyl groups excluding tert-OH is 5. The van der Waals surface area contributed by atoms with Gasteiger partial charge < -0.3 is 30.6 Å². The van der Waals surface area contributed by atoms with Gasteiger partial charge in [0.25, 0.3) is 0 Å². The third-order valence-electron chi connectivity index (χ3n) is 1.51. The van der Waals surface area contributed by atoms with Gasteiger partial charge in [-0.15, -0.1) is 0 Å². The van der Waals surface area contributed by atoms with Gasteiger partial charge in [-0.25, -0.2) is 4.79 Å². The number of rotatable bonds is 5. The van der Waals surface area contributed by atoms with Gasteiger partial charge in [-0.1, -0.05) is 0 Å². The summed E-state index contributed by atoms with van der Waals surface area (Å²) < 4.78 is 19.6. The number of aliphatic hydroxyl groups is 5. The van der Waals surface area contributed by atoms with Crippen LogP contribution in [0.25, 0.3) is 0 Å². The SMILES string of the molecule is O=C(O)[C@H](O)[C@@H](O)[C@H](O)[C@H](O)CO.[F][Sn][F].[Sn]. The minimum Gasteiger partial charge on any atom is 0 e. The summed E-state index contributed by atoms with van der Waals surface area (Å²) in [5.74, 6) is -1.73. The monoisotopic (exact) mass is 474 g/mol. The molecule has 0 saturated heterocycles. The Kier molecular flexibility index (Phi) is 17.7. The van der Waals surface area contributed by atoms with Gasteiger partial charge in [0, 0.05) is 23.9 Å². The van der Waals surface area contributed by atoms with Crippen LogP contribution in [0.1, 0.15) is 0 Å². The summed E-state index contributed by atoms with van der Waals surface area (Å²) in [5, 5.41) is 51.8. The molecule has 0 aromatic carbocycles. The molecule has 0 rings (SSSR count). The molecule has 0 heterocycles. The molecule has 0 fully saturated rings. The Hall–Kier alpha value is 0.727. The molecular formula is C6H12F2O7Sn2. The van der Waals surface area contributed by atoms with E-state index < -0.39 is 59.3 Å². The molecule has 0 spiro atoms. The van der Waals surface area contributed by atoms with Gasteiger partial charge in [-0.05, 0) is 0 Å². The predicted octanol–water partition coefficient (Wildman–Crippen LogP) is -3.41. The van der Waals surface area contributed by atoms with E-state index in [4.69, 9.17) is 30.6 Å². The molecule has 0 aromatic rings. The zero-order valence-electron chi connectivity index (χ0n) is 8.36. The van der Waals surface area contributed by atoms with E-state index in [2.05, 4.69) is 0 Å². The molecule has 0 aliphatic rings. The van der Waals surface area contributed by atoms with Crippen LogP contribution in [-0.4, -0.2) is 114 Å². The Balaban J connectivity index is -0.000000440. The molecule has 6 N–H and O–H groups in total. The second-order valence-electron chi connectivity index (χ2n) is 2.59. The maximum atomic E-state index is 10.1. The first-order valence-corrected chi connectivity index (χ1v) is 6.01. The molecule has 0 bridgehead atoms. The van der Waals surface area contributed by atoms with Crippen LogP contribution in [0.2, 0.25) is 0 Å². The molecule has 4 atom stereocenters. The van der Waals surface area contributed by atoms with E-state index in [1.807, 2.05) is 0 Å². The molecule has 17 heavy (non-hydrogen) atoms. The molecule has 0 amide bonds. The maximum Gasteiger partial charge on any atom is 0 e. The van der Waals surface area contributed by atoms with Crippen molar-refractivity contribution in [3.63, 3.8) is 0 Å². The molecule has 100 valence electrons. The number of hydrogen-bond donors (Lipinski definition) is 6. The Morgan fingerprint density at radius 3 is 1.71 bits per heavy atom. The molecule has 6 radical (unpaired) electrons. The molecular weight excluding hydrogens is 459 g/mol. The fourth-order valence-electron chi connectivity index (χ4n) is 0.668. The number of carboxylic acid groups (broad SMARTS) is 1. The normalized spacial score (nSPS) is 16.6. The minimum atomic E-state index is -2.77. The zero-order valence-corrected chi connectivity index (χ0v) is 14.1. The Bertz CT molecular complexity index is 199. The van der Waals surface area contributed by atoms with Crippen molar-refractivity contribution in [2.75, 3.05) is 6.61 Å². The van der Waals surface area contributed by atoms with Gasteiger partial charge in [-0.3, -0.25) is 0 Å². The topological polar surface area (TPSA) is 138 Å². The van der Waals surface area contributed by atoms with E-state index in [9.17, 15) is 10.5 Å². The van der Waals surface area contributed by atoms with Crippen LogP contribution >= 0.6 is 0 Å². The average molecular weight is 472 g/mol. The summed E-state index contributed by atoms with van der Waals surface area (Å²) in [7, 11) is 0. The smallest absolute Gasteiger partial charge is 0 e. The van der Waals surface area contributed by atoms with E-state index in [0.717, 1.165) is 0 Å². The first-order valence-electron chi connectivity index (χ1n) is 3.85. The molecule has 0 aliphatic heterocycles. The van der Waals surface area contributed by atoms with Crippen LogP contribution in [-0.2, 0) is 4.79 Å². The fraction of sp³-hybridized carbons (Fsp3) is 0.833. The molecule has 0 saturated carbocycles. The second-order valence-corrected chi connectivity index (χ2v) is 2.99. The van der Waals surface area contributed by atoms with Gasteiger partial charge in [0.2, 0.25) is 0 Å². The van der Waals surface area contributed by atoms with Crippen LogP contribution in [0.15, 0.2) is 0 Å². The average Bonchev–Trinajstić information content (AvgIpc) is 2.25. The first-order chi connectivity index (χ1) is 7.33. The second kappa shape index (κ2) is 13.2. The van der Waals surface area contributed by atoms with Crippen molar-refractivity contribution in [1.29, 1.82) is 0 Å². The Morgan fingerprint density at radius 2 is 1.47 bits per heavy atom. The van der Waals surface area contributed by atoms with E-state index in [-0.39, 0.29) is 23.9 Å². The van der Waals surface area contributed by atoms with E-state index in [1.165, 1.54) is 0 Å². The van der Waals surface area contributed by atoms with Crippen molar-refractivity contribution >= 4 is 52.2 Å². The van der Waals surface area contributed by atoms with Crippen LogP contribution in [0.5, 0.6) is 0 Å². The van der Waals surface area contributed by atoms with Crippen LogP contribution in [0.3, 0.4) is 0 Å². The van der Waals surface area contributed by atoms with Crippen LogP contribution in [0.4, 0.5) is 5.73 Å². The third-order valence-corrected chi connectivity index (χ3v) is 1.51. The number of aliphatic carboxylic acids is 1. The largest absolute Gasteiger partial charge is 0 e. The number of carboxylic acids is 1. The van der Waals surface area contributed by atoms with Crippen molar-refractivity contribution < 1.29 is 41.2 Å². The van der Waals surface area contributed by atoms with Gasteiger partial charge in [0.05, 0.1) is 6.61 Å². The van der Waals surface area contributed by atoms with Crippen molar-refractivity contribution in [3.05, 3.63) is 0 Å². The van der Waals surface area contributed by atoms with Gasteiger partial charge in [0.15, 0.2) is 6.10 Å². The van der Waals surface area contributed by atoms with Crippen molar-refractivity contribution in [2.24, 2.45) is 0 Å². The van der Waals surface area contributed by atoms with Gasteiger partial charge in [0.1, 0.15) is 18.3 Å². The maximum absolute atomic E-state index is 10.1. The summed E-state index contributed by atoms with van der Waals surface area (Å²) in [6.45, 7) is -0.843. The van der Waals surface area contributed by atoms with E-state index >= 15 is 0 Å². The molecule has 0 aromatic heterocycles. The van der Waals surface area contributed by atoms with Gasteiger partial charge in [-0.2, -0.15) is 0 Å². The van der Waals surface area contributed by atoms with E-state index in [1.54, 1.807) is 0 Å². The number of carbonyl (C=O) groups is 1. The number of halogens is 2. The molecule has 0 unspecified atom stereocenters. The van der Waals surface area contributed by atoms with Crippen LogP contribution < -0.4 is 0 Å². The third kappa shape index (κ3) is 10.3. The minimum absolute atomic E-state index is 0. The summed E-state index contributed by atoms with van der Waals surface area (Å²) >= 11 is -2.77. The van der Waals surface area contributed by atoms with Gasteiger partial charge >= 0.3 is 34.0 Å². The predicted molar refractivity (Wildman–Crippen MR) is 52.5 cm³/mol. The fourth-order valence-corrected chi connectivity index (χ4v) is 0.668. The Morgan fingerprint density at radius 1 is 1.12 bits per heavy atom. The summed E-state index contributed by atoms with van der Waals surface area (Å²) in [4.78, 5) is 10.1. The number of hydrogen-bond acceptors (Lipinski definition) is 6. The Labute approximate surface area is 124 Å². The zero-order chi connectivity index (χ0) is 13.3. The summed E-state index contributed by atoms with van der Waals surface area (Å²) in [5.41, 5.74) is 0. The quantitative estimate of drug-likeness (QED) is 0.230. The standard InChI is InChI=1S/C6H12O7.2FH.2Sn/c7-1-2(8)3(9)4(10)5(11)6(12)13;;;;/h2-5,7-11H,1H2,(H,12,13);2*1H;;/q;;;;+2/p-2/t2-,3-,4+,5-;;;;/m1..../s1. The molecule has 7 nitrogen and oxygen atoms in total. The van der Waals surface area contributed by atoms with Crippen molar-refractivity contribution in [2.45, 2.75) is 24.4 Å². The van der Waals surface area contributed by atoms with Crippen molar-refractivity contribution in [3.8, 4) is 0 Å². The first kappa shape index (κ1) is 22.9. The molecule has 0 aliphatic carbocycles.